The molecular weight excluding hydrogens is 528 g/mol. The van der Waals surface area contributed by atoms with Gasteiger partial charge in [0.1, 0.15) is 11.5 Å². The molecule has 12 nitrogen and oxygen atoms in total. The van der Waals surface area contributed by atoms with E-state index in [1.165, 1.54) is 36.4 Å². The Balaban J connectivity index is 1.64. The largest absolute Gasteiger partial charge is 0.507 e. The van der Waals surface area contributed by atoms with Gasteiger partial charge in [0.05, 0.1) is 39.2 Å². The quantitative estimate of drug-likeness (QED) is 0.110. The maximum Gasteiger partial charge on any atom is 0.271 e. The van der Waals surface area contributed by atoms with Gasteiger partial charge in [0.25, 0.3) is 11.4 Å². The van der Waals surface area contributed by atoms with Crippen LogP contribution in [0.2, 0.25) is 0 Å². The minimum absolute atomic E-state index is 0.0844. The van der Waals surface area contributed by atoms with Gasteiger partial charge in [-0.05, 0) is 61.4 Å². The van der Waals surface area contributed by atoms with Crippen LogP contribution >= 0.6 is 0 Å². The zero-order valence-electron chi connectivity index (χ0n) is 22.3. The minimum atomic E-state index is -0.503. The van der Waals surface area contributed by atoms with E-state index in [2.05, 4.69) is 20.5 Å². The number of non-ortho nitro benzene ring substituents is 2. The van der Waals surface area contributed by atoms with E-state index >= 15 is 0 Å². The van der Waals surface area contributed by atoms with Crippen LogP contribution in [-0.4, -0.2) is 21.6 Å². The van der Waals surface area contributed by atoms with Gasteiger partial charge in [-0.15, -0.1) is 0 Å². The molecule has 0 saturated carbocycles. The van der Waals surface area contributed by atoms with Crippen LogP contribution in [0.1, 0.15) is 30.0 Å². The molecule has 0 aliphatic heterocycles. The number of ether oxygens (including phenoxy) is 1. The summed E-state index contributed by atoms with van der Waals surface area (Å²) in [6.07, 6.45) is 1.07. The Bertz CT molecular complexity index is 1650. The van der Waals surface area contributed by atoms with Crippen LogP contribution in [0, 0.1) is 27.2 Å². The Hall–Kier alpha value is -5.52. The summed E-state index contributed by atoms with van der Waals surface area (Å²) < 4.78 is 5.93. The van der Waals surface area contributed by atoms with Crippen LogP contribution < -0.4 is 4.74 Å². The summed E-state index contributed by atoms with van der Waals surface area (Å²) in [4.78, 5) is 21.1. The van der Waals surface area contributed by atoms with E-state index in [0.29, 0.717) is 46.2 Å². The summed E-state index contributed by atoms with van der Waals surface area (Å²) in [6, 6.07) is 20.3. The average Bonchev–Trinajstić information content (AvgIpc) is 2.97. The topological polar surface area (TPSA) is 165 Å². The van der Waals surface area contributed by atoms with Crippen LogP contribution in [0.3, 0.4) is 0 Å². The number of nitro benzene ring substituents is 2. The molecule has 0 bridgehead atoms. The van der Waals surface area contributed by atoms with Crippen molar-refractivity contribution in [1.29, 1.82) is 0 Å². The SMILES string of the molecule is CCCOc1ccc(N=Nc2cccc([N+](=O)[O-])c2)cc1Cc1cc(N=Nc2cccc([N+](=O)[O-])c2)cc(C)c1O. The van der Waals surface area contributed by atoms with Crippen molar-refractivity contribution in [3.63, 3.8) is 0 Å². The van der Waals surface area contributed by atoms with Crippen molar-refractivity contribution >= 4 is 34.1 Å². The molecule has 0 unspecified atom stereocenters. The van der Waals surface area contributed by atoms with Crippen molar-refractivity contribution in [2.45, 2.75) is 26.7 Å². The Morgan fingerprint density at radius 2 is 1.27 bits per heavy atom. The number of azo groups is 2. The maximum atomic E-state index is 11.1. The van der Waals surface area contributed by atoms with Gasteiger partial charge in [0.15, 0.2) is 0 Å². The Morgan fingerprint density at radius 3 is 1.83 bits per heavy atom. The number of phenolic OH excluding ortho intramolecular Hbond substituents is 1. The fraction of sp³-hybridized carbons (Fsp3) is 0.172. The van der Waals surface area contributed by atoms with Gasteiger partial charge in [0, 0.05) is 41.8 Å². The van der Waals surface area contributed by atoms with Gasteiger partial charge in [-0.3, -0.25) is 20.2 Å². The molecule has 4 rings (SSSR count). The summed E-state index contributed by atoms with van der Waals surface area (Å²) >= 11 is 0. The Kier molecular flexibility index (Phi) is 9.05. The fourth-order valence-corrected chi connectivity index (χ4v) is 3.92. The third kappa shape index (κ3) is 7.53. The number of aromatic hydroxyl groups is 1. The monoisotopic (exact) mass is 554 g/mol. The molecule has 0 amide bonds. The normalized spacial score (nSPS) is 11.3. The van der Waals surface area contributed by atoms with Gasteiger partial charge in [-0.1, -0.05) is 19.1 Å². The minimum Gasteiger partial charge on any atom is -0.507 e. The lowest BCUT2D eigenvalue weighted by Gasteiger charge is -2.14. The number of hydrogen-bond donors (Lipinski definition) is 1. The summed E-state index contributed by atoms with van der Waals surface area (Å²) in [5, 5.41) is 49.7. The number of phenols is 1. The number of hydrogen-bond acceptors (Lipinski definition) is 10. The van der Waals surface area contributed by atoms with Crippen molar-refractivity contribution in [3.8, 4) is 11.5 Å². The highest BCUT2D eigenvalue weighted by molar-refractivity contribution is 5.56. The standard InChI is InChI=1S/C29H26N6O6/c1-3-12-41-28-11-10-24(32-30-22-6-4-8-26(17-22)34(37)38)15-20(28)14-21-16-25(13-19(2)29(21)36)33-31-23-7-5-9-27(18-23)35(39)40/h4-11,13,15-18,36H,3,12,14H2,1-2H3. The first-order valence-electron chi connectivity index (χ1n) is 12.6. The molecular formula is C29H26N6O6. The van der Waals surface area contributed by atoms with Gasteiger partial charge in [-0.25, -0.2) is 0 Å². The molecule has 1 N–H and O–H groups in total. The van der Waals surface area contributed by atoms with Gasteiger partial charge in [0.2, 0.25) is 0 Å². The summed E-state index contributed by atoms with van der Waals surface area (Å²) in [7, 11) is 0. The van der Waals surface area contributed by atoms with Crippen LogP contribution in [0.5, 0.6) is 11.5 Å². The van der Waals surface area contributed by atoms with Gasteiger partial charge < -0.3 is 9.84 Å². The number of benzene rings is 4. The van der Waals surface area contributed by atoms with E-state index < -0.39 is 9.85 Å². The second-order valence-corrected chi connectivity index (χ2v) is 9.04. The maximum absolute atomic E-state index is 11.1. The third-order valence-corrected chi connectivity index (χ3v) is 5.89. The molecule has 0 radical (unpaired) electrons. The predicted octanol–water partition coefficient (Wildman–Crippen LogP) is 8.73. The lowest BCUT2D eigenvalue weighted by Crippen LogP contribution is -2.00. The van der Waals surface area contributed by atoms with Crippen LogP contribution in [0.15, 0.2) is 99.3 Å². The summed E-state index contributed by atoms with van der Waals surface area (Å²) in [5.74, 6) is 0.700. The molecule has 0 saturated heterocycles. The average molecular weight is 555 g/mol. The highest BCUT2D eigenvalue weighted by Gasteiger charge is 2.13. The van der Waals surface area contributed by atoms with Gasteiger partial charge in [-0.2, -0.15) is 20.5 Å². The number of nitro groups is 2. The molecule has 0 aliphatic rings. The highest BCUT2D eigenvalue weighted by atomic mass is 16.6. The van der Waals surface area contributed by atoms with Crippen LogP contribution in [0.4, 0.5) is 34.1 Å². The molecule has 0 atom stereocenters. The Morgan fingerprint density at radius 1 is 0.732 bits per heavy atom. The number of aryl methyl sites for hydroxylation is 1. The fourth-order valence-electron chi connectivity index (χ4n) is 3.92. The van der Waals surface area contributed by atoms with E-state index in [0.717, 1.165) is 12.0 Å². The van der Waals surface area contributed by atoms with Crippen molar-refractivity contribution in [1.82, 2.24) is 0 Å². The zero-order valence-corrected chi connectivity index (χ0v) is 22.3. The smallest absolute Gasteiger partial charge is 0.271 e. The molecule has 208 valence electrons. The third-order valence-electron chi connectivity index (χ3n) is 5.89. The highest BCUT2D eigenvalue weighted by Crippen LogP contribution is 2.35. The first-order valence-corrected chi connectivity index (χ1v) is 12.6. The molecule has 0 aromatic heterocycles. The van der Waals surface area contributed by atoms with E-state index in [4.69, 9.17) is 4.74 Å². The molecule has 0 fully saturated rings. The zero-order chi connectivity index (χ0) is 29.4. The molecule has 0 aliphatic carbocycles. The predicted molar refractivity (Wildman–Crippen MR) is 152 cm³/mol. The van der Waals surface area contributed by atoms with Crippen molar-refractivity contribution in [3.05, 3.63) is 116 Å². The number of rotatable bonds is 11. The summed E-state index contributed by atoms with van der Waals surface area (Å²) in [6.45, 7) is 4.22. The first-order chi connectivity index (χ1) is 19.7. The first kappa shape index (κ1) is 28.5. The van der Waals surface area contributed by atoms with Crippen LogP contribution in [-0.2, 0) is 6.42 Å². The van der Waals surface area contributed by atoms with E-state index in [9.17, 15) is 25.3 Å². The van der Waals surface area contributed by atoms with Crippen molar-refractivity contribution in [2.24, 2.45) is 20.5 Å². The lowest BCUT2D eigenvalue weighted by molar-refractivity contribution is -0.385. The molecule has 0 spiro atoms. The molecule has 4 aromatic carbocycles. The molecule has 41 heavy (non-hydrogen) atoms. The molecule has 4 aromatic rings. The second-order valence-electron chi connectivity index (χ2n) is 9.04. The van der Waals surface area contributed by atoms with Crippen LogP contribution in [0.25, 0.3) is 0 Å². The lowest BCUT2D eigenvalue weighted by atomic mass is 9.99. The van der Waals surface area contributed by atoms with E-state index in [1.807, 2.05) is 6.92 Å². The van der Waals surface area contributed by atoms with E-state index in [-0.39, 0.29) is 23.5 Å². The second kappa shape index (κ2) is 13.0. The summed E-state index contributed by atoms with van der Waals surface area (Å²) in [5.41, 5.74) is 3.31. The molecule has 12 heteroatoms. The number of nitrogens with zero attached hydrogens (tertiary/aromatic N) is 6. The van der Waals surface area contributed by atoms with Crippen molar-refractivity contribution in [2.75, 3.05) is 6.61 Å². The van der Waals surface area contributed by atoms with E-state index in [1.54, 1.807) is 49.4 Å². The molecule has 0 heterocycles. The van der Waals surface area contributed by atoms with Crippen molar-refractivity contribution < 1.29 is 19.7 Å². The van der Waals surface area contributed by atoms with Gasteiger partial charge >= 0.3 is 0 Å². The Labute approximate surface area is 235 Å².